The van der Waals surface area contributed by atoms with E-state index >= 15 is 0 Å². The zero-order valence-corrected chi connectivity index (χ0v) is 13.9. The van der Waals surface area contributed by atoms with Crippen LogP contribution in [0.1, 0.15) is 37.4 Å². The van der Waals surface area contributed by atoms with Crippen molar-refractivity contribution in [1.82, 2.24) is 9.97 Å². The molecule has 0 radical (unpaired) electrons. The minimum atomic E-state index is 0.785. The highest BCUT2D eigenvalue weighted by Gasteiger charge is 2.12. The summed E-state index contributed by atoms with van der Waals surface area (Å²) in [6, 6.07) is 8.59. The Morgan fingerprint density at radius 2 is 1.90 bits per heavy atom. The molecule has 0 aliphatic heterocycles. The predicted molar refractivity (Wildman–Crippen MR) is 92.5 cm³/mol. The van der Waals surface area contributed by atoms with Gasteiger partial charge in [0.2, 0.25) is 0 Å². The molecular weight excluding hydrogens is 296 g/mol. The van der Waals surface area contributed by atoms with Crippen LogP contribution in [0.25, 0.3) is 11.4 Å². The summed E-state index contributed by atoms with van der Waals surface area (Å²) in [5.41, 5.74) is 3.69. The number of aryl methyl sites for hydroxylation is 1. The molecule has 0 unspecified atom stereocenters. The molecule has 0 spiro atoms. The van der Waals surface area contributed by atoms with Gasteiger partial charge in [0.1, 0.15) is 10.5 Å². The number of aromatic amines is 1. The van der Waals surface area contributed by atoms with Crippen molar-refractivity contribution in [2.45, 2.75) is 43.9 Å². The highest BCUT2D eigenvalue weighted by molar-refractivity contribution is 7.99. The molecule has 0 saturated heterocycles. The van der Waals surface area contributed by atoms with Crippen LogP contribution in [0.2, 0.25) is 0 Å². The van der Waals surface area contributed by atoms with Crippen molar-refractivity contribution in [3.05, 3.63) is 40.2 Å². The van der Waals surface area contributed by atoms with E-state index in [0.29, 0.717) is 0 Å². The Bertz CT molecular complexity index is 674. The fourth-order valence-corrected chi connectivity index (χ4v) is 3.79. The Hall–Kier alpha value is -1.13. The van der Waals surface area contributed by atoms with Crippen molar-refractivity contribution < 1.29 is 0 Å². The van der Waals surface area contributed by atoms with Gasteiger partial charge in [-0.1, -0.05) is 37.7 Å². The van der Waals surface area contributed by atoms with E-state index in [1.807, 2.05) is 11.8 Å². The molecular formula is C17H20N2S2. The minimum Gasteiger partial charge on any atom is -0.343 e. The summed E-state index contributed by atoms with van der Waals surface area (Å²) in [5.74, 6) is 2.01. The zero-order valence-electron chi connectivity index (χ0n) is 12.3. The van der Waals surface area contributed by atoms with E-state index in [1.165, 1.54) is 35.4 Å². The average Bonchev–Trinajstić information content (AvgIpc) is 2.74. The number of rotatable bonds is 3. The molecule has 0 bridgehead atoms. The van der Waals surface area contributed by atoms with Crippen LogP contribution in [0.15, 0.2) is 29.2 Å². The maximum atomic E-state index is 5.52. The molecule has 0 fully saturated rings. The van der Waals surface area contributed by atoms with Gasteiger partial charge in [-0.05, 0) is 43.6 Å². The second kappa shape index (κ2) is 6.75. The van der Waals surface area contributed by atoms with Crippen molar-refractivity contribution in [1.29, 1.82) is 0 Å². The Morgan fingerprint density at radius 3 is 2.67 bits per heavy atom. The number of aromatic nitrogens is 2. The van der Waals surface area contributed by atoms with E-state index in [9.17, 15) is 0 Å². The van der Waals surface area contributed by atoms with E-state index in [4.69, 9.17) is 12.2 Å². The zero-order chi connectivity index (χ0) is 14.7. The van der Waals surface area contributed by atoms with Gasteiger partial charge in [-0.2, -0.15) is 0 Å². The first-order valence-electron chi connectivity index (χ1n) is 7.63. The third-order valence-electron chi connectivity index (χ3n) is 3.90. The molecule has 2 aromatic rings. The molecule has 1 heterocycles. The standard InChI is InChI=1S/C17H20N2S2/c1-2-21-13-10-8-12(9-11-13)16-18-15-7-5-3-4-6-14(15)17(20)19-16/h8-11H,2-7H2,1H3,(H,18,19,20). The summed E-state index contributed by atoms with van der Waals surface area (Å²) >= 11 is 7.38. The molecule has 1 aliphatic rings. The number of nitrogens with one attached hydrogen (secondary N) is 1. The third kappa shape index (κ3) is 3.38. The molecule has 0 atom stereocenters. The van der Waals surface area contributed by atoms with Crippen molar-refractivity contribution in [2.24, 2.45) is 0 Å². The van der Waals surface area contributed by atoms with Crippen LogP contribution in [0, 0.1) is 4.64 Å². The van der Waals surface area contributed by atoms with Gasteiger partial charge in [-0.3, -0.25) is 0 Å². The summed E-state index contributed by atoms with van der Waals surface area (Å²) in [4.78, 5) is 9.46. The second-order valence-electron chi connectivity index (χ2n) is 5.37. The summed E-state index contributed by atoms with van der Waals surface area (Å²) in [6.07, 6.45) is 5.93. The van der Waals surface area contributed by atoms with Crippen molar-refractivity contribution in [3.63, 3.8) is 0 Å². The van der Waals surface area contributed by atoms with Gasteiger partial charge in [0.15, 0.2) is 0 Å². The molecule has 110 valence electrons. The first-order valence-corrected chi connectivity index (χ1v) is 9.02. The van der Waals surface area contributed by atoms with Crippen LogP contribution in [-0.4, -0.2) is 15.7 Å². The summed E-state index contributed by atoms with van der Waals surface area (Å²) in [6.45, 7) is 2.17. The molecule has 0 amide bonds. The van der Waals surface area contributed by atoms with E-state index in [-0.39, 0.29) is 0 Å². The van der Waals surface area contributed by atoms with Gasteiger partial charge in [0.05, 0.1) is 0 Å². The Labute approximate surface area is 135 Å². The monoisotopic (exact) mass is 316 g/mol. The maximum Gasteiger partial charge on any atom is 0.139 e. The molecule has 1 aromatic heterocycles. The molecule has 0 saturated carbocycles. The fourth-order valence-electron chi connectivity index (χ4n) is 2.81. The van der Waals surface area contributed by atoms with Gasteiger partial charge in [0.25, 0.3) is 0 Å². The summed E-state index contributed by atoms with van der Waals surface area (Å²) in [5, 5.41) is 0. The normalized spacial score (nSPS) is 14.5. The molecule has 3 rings (SSSR count). The largest absolute Gasteiger partial charge is 0.343 e. The Balaban J connectivity index is 1.97. The first-order chi connectivity index (χ1) is 10.3. The topological polar surface area (TPSA) is 28.7 Å². The van der Waals surface area contributed by atoms with Crippen molar-refractivity contribution in [3.8, 4) is 11.4 Å². The van der Waals surface area contributed by atoms with Crippen LogP contribution in [0.3, 0.4) is 0 Å². The van der Waals surface area contributed by atoms with Crippen LogP contribution in [-0.2, 0) is 12.8 Å². The summed E-state index contributed by atoms with van der Waals surface area (Å²) in [7, 11) is 0. The molecule has 2 nitrogen and oxygen atoms in total. The number of thioether (sulfide) groups is 1. The van der Waals surface area contributed by atoms with Crippen LogP contribution < -0.4 is 0 Å². The van der Waals surface area contributed by atoms with Crippen LogP contribution in [0.4, 0.5) is 0 Å². The summed E-state index contributed by atoms with van der Waals surface area (Å²) < 4.78 is 0.785. The van der Waals surface area contributed by atoms with E-state index < -0.39 is 0 Å². The minimum absolute atomic E-state index is 0.785. The van der Waals surface area contributed by atoms with E-state index in [1.54, 1.807) is 0 Å². The van der Waals surface area contributed by atoms with Gasteiger partial charge in [-0.25, -0.2) is 4.98 Å². The van der Waals surface area contributed by atoms with E-state index in [0.717, 1.165) is 34.6 Å². The Morgan fingerprint density at radius 1 is 1.14 bits per heavy atom. The van der Waals surface area contributed by atoms with Gasteiger partial charge < -0.3 is 4.98 Å². The number of benzene rings is 1. The average molecular weight is 316 g/mol. The smallest absolute Gasteiger partial charge is 0.139 e. The Kier molecular flexibility index (Phi) is 4.76. The van der Waals surface area contributed by atoms with Crippen molar-refractivity contribution >= 4 is 24.0 Å². The lowest BCUT2D eigenvalue weighted by atomic mass is 10.1. The molecule has 1 aromatic carbocycles. The van der Waals surface area contributed by atoms with E-state index in [2.05, 4.69) is 41.2 Å². The number of fused-ring (bicyclic) bond motifs is 1. The highest BCUT2D eigenvalue weighted by Crippen LogP contribution is 2.25. The first kappa shape index (κ1) is 14.8. The maximum absolute atomic E-state index is 5.52. The van der Waals surface area contributed by atoms with Crippen LogP contribution >= 0.6 is 24.0 Å². The number of hydrogen-bond acceptors (Lipinski definition) is 3. The second-order valence-corrected chi connectivity index (χ2v) is 7.09. The molecule has 21 heavy (non-hydrogen) atoms. The number of hydrogen-bond donors (Lipinski definition) is 1. The van der Waals surface area contributed by atoms with Gasteiger partial charge >= 0.3 is 0 Å². The lowest BCUT2D eigenvalue weighted by molar-refractivity contribution is 0.708. The third-order valence-corrected chi connectivity index (χ3v) is 5.13. The quantitative estimate of drug-likeness (QED) is 0.480. The lowest BCUT2D eigenvalue weighted by Crippen LogP contribution is -2.01. The van der Waals surface area contributed by atoms with Crippen molar-refractivity contribution in [2.75, 3.05) is 5.75 Å². The SMILES string of the molecule is CCSc1ccc(-c2nc(=S)c3c([nH]2)CCCCC3)cc1. The lowest BCUT2D eigenvalue weighted by Gasteiger charge is -2.10. The molecule has 1 N–H and O–H groups in total. The number of nitrogens with zero attached hydrogens (tertiary/aromatic N) is 1. The highest BCUT2D eigenvalue weighted by atomic mass is 32.2. The predicted octanol–water partition coefficient (Wildman–Crippen LogP) is 5.19. The molecule has 4 heteroatoms. The van der Waals surface area contributed by atoms with Crippen LogP contribution in [0.5, 0.6) is 0 Å². The molecule has 1 aliphatic carbocycles. The number of H-pyrrole nitrogens is 1. The fraction of sp³-hybridized carbons (Fsp3) is 0.412. The van der Waals surface area contributed by atoms with Gasteiger partial charge in [0, 0.05) is 21.7 Å². The van der Waals surface area contributed by atoms with Gasteiger partial charge in [-0.15, -0.1) is 11.8 Å².